The van der Waals surface area contributed by atoms with Crippen molar-refractivity contribution in [1.29, 1.82) is 0 Å². The van der Waals surface area contributed by atoms with Crippen LogP contribution in [0.3, 0.4) is 0 Å². The third-order valence-corrected chi connectivity index (χ3v) is 4.07. The van der Waals surface area contributed by atoms with E-state index in [1.54, 1.807) is 23.3 Å². The quantitative estimate of drug-likeness (QED) is 0.884. The van der Waals surface area contributed by atoms with Crippen LogP contribution >= 0.6 is 35.6 Å². The summed E-state index contributed by atoms with van der Waals surface area (Å²) in [7, 11) is 0. The Morgan fingerprint density at radius 2 is 2.14 bits per heavy atom. The molecule has 2 heterocycles. The van der Waals surface area contributed by atoms with Crippen molar-refractivity contribution in [3.8, 4) is 0 Å². The molecule has 0 saturated carbocycles. The SMILES string of the molecule is Cl.Clc1cccc(Cl)c1NC1=NCCN1OCC1CCCO1. The predicted octanol–water partition coefficient (Wildman–Crippen LogP) is 3.61. The average Bonchev–Trinajstić information content (AvgIpc) is 3.12. The third kappa shape index (κ3) is 4.18. The predicted molar refractivity (Wildman–Crippen MR) is 91.3 cm³/mol. The van der Waals surface area contributed by atoms with Gasteiger partial charge in [-0.25, -0.2) is 10.1 Å². The molecular weight excluding hydrogens is 349 g/mol. The maximum Gasteiger partial charge on any atom is 0.223 e. The van der Waals surface area contributed by atoms with Crippen LogP contribution in [0.1, 0.15) is 12.8 Å². The molecule has 5 nitrogen and oxygen atoms in total. The molecule has 122 valence electrons. The Balaban J connectivity index is 0.00000176. The van der Waals surface area contributed by atoms with E-state index >= 15 is 0 Å². The molecule has 0 aliphatic carbocycles. The van der Waals surface area contributed by atoms with Crippen LogP contribution in [0.2, 0.25) is 10.0 Å². The van der Waals surface area contributed by atoms with E-state index in [0.29, 0.717) is 41.4 Å². The summed E-state index contributed by atoms with van der Waals surface area (Å²) in [5.41, 5.74) is 0.646. The number of nitrogens with zero attached hydrogens (tertiary/aromatic N) is 2. The average molecular weight is 367 g/mol. The monoisotopic (exact) mass is 365 g/mol. The van der Waals surface area contributed by atoms with Gasteiger partial charge >= 0.3 is 0 Å². The minimum atomic E-state index is 0. The summed E-state index contributed by atoms with van der Waals surface area (Å²) in [6.45, 7) is 2.74. The van der Waals surface area contributed by atoms with Gasteiger partial charge in [0.2, 0.25) is 5.96 Å². The highest BCUT2D eigenvalue weighted by Crippen LogP contribution is 2.30. The van der Waals surface area contributed by atoms with E-state index < -0.39 is 0 Å². The van der Waals surface area contributed by atoms with Gasteiger partial charge in [0.15, 0.2) is 0 Å². The summed E-state index contributed by atoms with van der Waals surface area (Å²) >= 11 is 12.3. The van der Waals surface area contributed by atoms with Crippen LogP contribution < -0.4 is 5.32 Å². The molecule has 1 unspecified atom stereocenters. The number of rotatable bonds is 4. The number of halogens is 3. The number of anilines is 1. The highest BCUT2D eigenvalue weighted by molar-refractivity contribution is 6.39. The first kappa shape index (κ1) is 17.6. The Labute approximate surface area is 145 Å². The lowest BCUT2D eigenvalue weighted by molar-refractivity contribution is -0.123. The molecule has 0 aromatic heterocycles. The molecule has 1 saturated heterocycles. The Morgan fingerprint density at radius 3 is 2.82 bits per heavy atom. The number of hydrogen-bond acceptors (Lipinski definition) is 5. The fourth-order valence-electron chi connectivity index (χ4n) is 2.34. The Kier molecular flexibility index (Phi) is 6.59. The molecule has 1 aromatic carbocycles. The molecule has 0 spiro atoms. The number of guanidine groups is 1. The number of aliphatic imine (C=N–C) groups is 1. The molecule has 1 aromatic rings. The number of nitrogens with one attached hydrogen (secondary N) is 1. The second-order valence-electron chi connectivity index (χ2n) is 4.96. The number of ether oxygens (including phenoxy) is 1. The van der Waals surface area contributed by atoms with Gasteiger partial charge in [0, 0.05) is 6.61 Å². The molecule has 3 rings (SSSR count). The zero-order valence-electron chi connectivity index (χ0n) is 11.9. The summed E-state index contributed by atoms with van der Waals surface area (Å²) in [4.78, 5) is 10.2. The lowest BCUT2D eigenvalue weighted by Gasteiger charge is -2.22. The number of benzene rings is 1. The van der Waals surface area contributed by atoms with Gasteiger partial charge in [0.05, 0.1) is 34.9 Å². The van der Waals surface area contributed by atoms with Crippen molar-refractivity contribution >= 4 is 47.3 Å². The zero-order chi connectivity index (χ0) is 14.7. The second-order valence-corrected chi connectivity index (χ2v) is 5.77. The second kappa shape index (κ2) is 8.22. The standard InChI is InChI=1S/C14H17Cl2N3O2.ClH/c15-11-4-1-5-12(16)13(11)18-14-17-6-7-19(14)21-9-10-3-2-8-20-10;/h1,4-5,10H,2-3,6-9H2,(H,17,18);1H. The van der Waals surface area contributed by atoms with E-state index in [1.807, 2.05) is 0 Å². The van der Waals surface area contributed by atoms with E-state index in [2.05, 4.69) is 10.3 Å². The van der Waals surface area contributed by atoms with Gasteiger partial charge in [-0.3, -0.25) is 4.84 Å². The Bertz CT molecular complexity index is 516. The molecule has 0 radical (unpaired) electrons. The van der Waals surface area contributed by atoms with Gasteiger partial charge in [-0.1, -0.05) is 29.3 Å². The van der Waals surface area contributed by atoms with E-state index in [0.717, 1.165) is 19.4 Å². The summed E-state index contributed by atoms with van der Waals surface area (Å²) in [6.07, 6.45) is 2.32. The van der Waals surface area contributed by atoms with Gasteiger partial charge in [-0.15, -0.1) is 12.4 Å². The number of para-hydroxylation sites is 1. The van der Waals surface area contributed by atoms with Crippen molar-refractivity contribution < 1.29 is 9.57 Å². The highest BCUT2D eigenvalue weighted by Gasteiger charge is 2.23. The van der Waals surface area contributed by atoms with Gasteiger partial charge in [-0.05, 0) is 25.0 Å². The van der Waals surface area contributed by atoms with E-state index in [1.165, 1.54) is 0 Å². The normalized spacial score (nSPS) is 20.7. The van der Waals surface area contributed by atoms with E-state index in [9.17, 15) is 0 Å². The van der Waals surface area contributed by atoms with Gasteiger partial charge < -0.3 is 10.1 Å². The first-order valence-electron chi connectivity index (χ1n) is 7.01. The zero-order valence-corrected chi connectivity index (χ0v) is 14.3. The van der Waals surface area contributed by atoms with Crippen molar-refractivity contribution in [3.05, 3.63) is 28.2 Å². The number of hydrogen-bond donors (Lipinski definition) is 1. The minimum absolute atomic E-state index is 0. The molecule has 22 heavy (non-hydrogen) atoms. The van der Waals surface area contributed by atoms with Crippen molar-refractivity contribution in [1.82, 2.24) is 5.06 Å². The topological polar surface area (TPSA) is 46.1 Å². The van der Waals surface area contributed by atoms with E-state index in [-0.39, 0.29) is 18.5 Å². The van der Waals surface area contributed by atoms with Gasteiger partial charge in [-0.2, -0.15) is 0 Å². The number of hydroxylamine groups is 2. The Hall–Kier alpha value is -0.720. The molecule has 8 heteroatoms. The summed E-state index contributed by atoms with van der Waals surface area (Å²) in [5, 5.41) is 5.99. The van der Waals surface area contributed by atoms with Crippen LogP contribution in [0, 0.1) is 0 Å². The van der Waals surface area contributed by atoms with Crippen molar-refractivity contribution in [3.63, 3.8) is 0 Å². The first-order chi connectivity index (χ1) is 10.2. The summed E-state index contributed by atoms with van der Waals surface area (Å²) < 4.78 is 5.55. The lowest BCUT2D eigenvalue weighted by atomic mass is 10.2. The lowest BCUT2D eigenvalue weighted by Crippen LogP contribution is -2.35. The van der Waals surface area contributed by atoms with Crippen LogP contribution in [0.4, 0.5) is 5.69 Å². The fraction of sp³-hybridized carbons (Fsp3) is 0.500. The molecular formula is C14H18Cl3N3O2. The maximum atomic E-state index is 6.16. The highest BCUT2D eigenvalue weighted by atomic mass is 35.5. The summed E-state index contributed by atoms with van der Waals surface area (Å²) in [5.74, 6) is 0.628. The van der Waals surface area contributed by atoms with Crippen molar-refractivity contribution in [2.45, 2.75) is 18.9 Å². The largest absolute Gasteiger partial charge is 0.376 e. The van der Waals surface area contributed by atoms with Crippen LogP contribution in [-0.2, 0) is 9.57 Å². The Morgan fingerprint density at radius 1 is 1.36 bits per heavy atom. The van der Waals surface area contributed by atoms with Crippen LogP contribution in [0.25, 0.3) is 0 Å². The molecule has 1 atom stereocenters. The van der Waals surface area contributed by atoms with Crippen LogP contribution in [-0.4, -0.2) is 43.4 Å². The molecule has 0 bridgehead atoms. The first-order valence-corrected chi connectivity index (χ1v) is 7.77. The molecule has 2 aliphatic rings. The fourth-order valence-corrected chi connectivity index (χ4v) is 2.83. The van der Waals surface area contributed by atoms with Gasteiger partial charge in [0.25, 0.3) is 0 Å². The van der Waals surface area contributed by atoms with Gasteiger partial charge in [0.1, 0.15) is 6.61 Å². The summed E-state index contributed by atoms with van der Waals surface area (Å²) in [6, 6.07) is 5.36. The van der Waals surface area contributed by atoms with Crippen molar-refractivity contribution in [2.75, 3.05) is 31.6 Å². The molecule has 1 fully saturated rings. The maximum absolute atomic E-state index is 6.16. The van der Waals surface area contributed by atoms with E-state index in [4.69, 9.17) is 32.8 Å². The van der Waals surface area contributed by atoms with Crippen LogP contribution in [0.5, 0.6) is 0 Å². The van der Waals surface area contributed by atoms with Crippen molar-refractivity contribution in [2.24, 2.45) is 4.99 Å². The molecule has 0 amide bonds. The molecule has 1 N–H and O–H groups in total. The third-order valence-electron chi connectivity index (χ3n) is 3.44. The minimum Gasteiger partial charge on any atom is -0.376 e. The molecule has 2 aliphatic heterocycles. The van der Waals surface area contributed by atoms with Crippen LogP contribution in [0.15, 0.2) is 23.2 Å². The smallest absolute Gasteiger partial charge is 0.223 e.